The third-order valence-corrected chi connectivity index (χ3v) is 3.70. The lowest BCUT2D eigenvalue weighted by Crippen LogP contribution is -2.36. The average molecular weight is 242 g/mol. The van der Waals surface area contributed by atoms with E-state index in [1.54, 1.807) is 0 Å². The minimum atomic E-state index is -0.0584. The van der Waals surface area contributed by atoms with Crippen molar-refractivity contribution in [1.29, 1.82) is 0 Å². The van der Waals surface area contributed by atoms with E-state index in [1.165, 1.54) is 6.42 Å². The zero-order chi connectivity index (χ0) is 12.6. The topological polar surface area (TPSA) is 42.7 Å². The Bertz CT molecular complexity index is 538. The fraction of sp³-hybridized carbons (Fsp3) is 0.429. The van der Waals surface area contributed by atoms with Crippen LogP contribution in [0.1, 0.15) is 31.4 Å². The molecular weight excluding hydrogens is 224 g/mol. The summed E-state index contributed by atoms with van der Waals surface area (Å²) in [6.07, 6.45) is 2.30. The molecule has 3 rings (SSSR count). The molecule has 0 amide bonds. The van der Waals surface area contributed by atoms with Crippen LogP contribution in [0.25, 0.3) is 5.69 Å². The van der Waals surface area contributed by atoms with E-state index in [0.717, 1.165) is 30.3 Å². The molecule has 4 heteroatoms. The molecule has 1 fully saturated rings. The van der Waals surface area contributed by atoms with E-state index in [2.05, 4.69) is 39.1 Å². The molecule has 1 aromatic carbocycles. The van der Waals surface area contributed by atoms with Crippen molar-refractivity contribution in [2.45, 2.75) is 32.2 Å². The summed E-state index contributed by atoms with van der Waals surface area (Å²) < 4.78 is 2.15. The Kier molecular flexibility index (Phi) is 2.67. The molecule has 1 unspecified atom stereocenters. The second-order valence-corrected chi connectivity index (χ2v) is 5.10. The summed E-state index contributed by atoms with van der Waals surface area (Å²) in [5, 5.41) is 12.2. The Balaban J connectivity index is 2.12. The Labute approximate surface area is 107 Å². The predicted octanol–water partition coefficient (Wildman–Crippen LogP) is 2.17. The van der Waals surface area contributed by atoms with Gasteiger partial charge in [0.1, 0.15) is 5.82 Å². The second-order valence-electron chi connectivity index (χ2n) is 5.10. The summed E-state index contributed by atoms with van der Waals surface area (Å²) in [7, 11) is 0. The van der Waals surface area contributed by atoms with E-state index in [9.17, 15) is 0 Å². The lowest BCUT2D eigenvalue weighted by atomic mass is 9.99. The minimum absolute atomic E-state index is 0.0584. The molecule has 0 bridgehead atoms. The molecule has 1 aromatic heterocycles. The van der Waals surface area contributed by atoms with Gasteiger partial charge in [0.05, 0.1) is 5.54 Å². The first-order valence-corrected chi connectivity index (χ1v) is 6.44. The highest BCUT2D eigenvalue weighted by Crippen LogP contribution is 2.30. The molecule has 1 N–H and O–H groups in total. The molecule has 0 aliphatic carbocycles. The van der Waals surface area contributed by atoms with Crippen LogP contribution < -0.4 is 5.32 Å². The van der Waals surface area contributed by atoms with Crippen LogP contribution in [-0.2, 0) is 5.54 Å². The maximum Gasteiger partial charge on any atom is 0.157 e. The van der Waals surface area contributed by atoms with Gasteiger partial charge in [-0.2, -0.15) is 0 Å². The number of para-hydroxylation sites is 1. The first kappa shape index (κ1) is 11.4. The van der Waals surface area contributed by atoms with Gasteiger partial charge in [-0.05, 0) is 45.4 Å². The molecule has 0 radical (unpaired) electrons. The van der Waals surface area contributed by atoms with Gasteiger partial charge in [-0.25, -0.2) is 0 Å². The molecule has 1 aliphatic rings. The van der Waals surface area contributed by atoms with Crippen molar-refractivity contribution < 1.29 is 0 Å². The molecule has 94 valence electrons. The van der Waals surface area contributed by atoms with Crippen LogP contribution in [0.4, 0.5) is 0 Å². The van der Waals surface area contributed by atoms with Crippen molar-refractivity contribution in [2.24, 2.45) is 0 Å². The Hall–Kier alpha value is -1.68. The number of benzene rings is 1. The molecule has 0 spiro atoms. The Morgan fingerprint density at radius 1 is 1.22 bits per heavy atom. The number of rotatable bonds is 2. The lowest BCUT2D eigenvalue weighted by molar-refractivity contribution is 0.399. The number of nitrogens with zero attached hydrogens (tertiary/aromatic N) is 3. The van der Waals surface area contributed by atoms with E-state index >= 15 is 0 Å². The summed E-state index contributed by atoms with van der Waals surface area (Å²) in [5.41, 5.74) is 1.07. The van der Waals surface area contributed by atoms with Crippen LogP contribution in [0.2, 0.25) is 0 Å². The van der Waals surface area contributed by atoms with Crippen LogP contribution >= 0.6 is 0 Å². The van der Waals surface area contributed by atoms with Crippen LogP contribution in [-0.4, -0.2) is 21.3 Å². The monoisotopic (exact) mass is 242 g/mol. The number of nitrogens with one attached hydrogen (secondary N) is 1. The number of hydrogen-bond acceptors (Lipinski definition) is 3. The summed E-state index contributed by atoms with van der Waals surface area (Å²) >= 11 is 0. The van der Waals surface area contributed by atoms with E-state index in [0.29, 0.717) is 0 Å². The van der Waals surface area contributed by atoms with Crippen molar-refractivity contribution in [1.82, 2.24) is 20.1 Å². The minimum Gasteiger partial charge on any atom is -0.305 e. The highest BCUT2D eigenvalue weighted by atomic mass is 15.3. The van der Waals surface area contributed by atoms with Crippen molar-refractivity contribution >= 4 is 0 Å². The normalized spacial score (nSPS) is 23.4. The number of hydrogen-bond donors (Lipinski definition) is 1. The highest BCUT2D eigenvalue weighted by Gasteiger charge is 2.35. The molecule has 1 aliphatic heterocycles. The first-order chi connectivity index (χ1) is 8.71. The smallest absolute Gasteiger partial charge is 0.157 e. The van der Waals surface area contributed by atoms with Gasteiger partial charge >= 0.3 is 0 Å². The largest absolute Gasteiger partial charge is 0.305 e. The molecule has 4 nitrogen and oxygen atoms in total. The summed E-state index contributed by atoms with van der Waals surface area (Å²) in [5.74, 6) is 1.95. The van der Waals surface area contributed by atoms with Crippen LogP contribution in [0.3, 0.4) is 0 Å². The fourth-order valence-corrected chi connectivity index (χ4v) is 2.69. The maximum atomic E-state index is 4.40. The molecule has 1 atom stereocenters. The molecule has 18 heavy (non-hydrogen) atoms. The number of aromatic nitrogens is 3. The van der Waals surface area contributed by atoms with Crippen molar-refractivity contribution in [3.05, 3.63) is 42.0 Å². The van der Waals surface area contributed by atoms with E-state index in [4.69, 9.17) is 0 Å². The summed E-state index contributed by atoms with van der Waals surface area (Å²) in [6.45, 7) is 5.27. The predicted molar refractivity (Wildman–Crippen MR) is 70.7 cm³/mol. The first-order valence-electron chi connectivity index (χ1n) is 6.44. The third kappa shape index (κ3) is 1.73. The molecular formula is C14H18N4. The van der Waals surface area contributed by atoms with E-state index in [-0.39, 0.29) is 5.54 Å². The van der Waals surface area contributed by atoms with Gasteiger partial charge in [0, 0.05) is 5.69 Å². The van der Waals surface area contributed by atoms with Gasteiger partial charge < -0.3 is 5.32 Å². The Morgan fingerprint density at radius 2 is 2.00 bits per heavy atom. The molecule has 2 heterocycles. The fourth-order valence-electron chi connectivity index (χ4n) is 2.69. The second kappa shape index (κ2) is 4.21. The highest BCUT2D eigenvalue weighted by molar-refractivity contribution is 5.35. The van der Waals surface area contributed by atoms with Crippen molar-refractivity contribution in [3.8, 4) is 5.69 Å². The summed E-state index contributed by atoms with van der Waals surface area (Å²) in [6, 6.07) is 10.3. The van der Waals surface area contributed by atoms with E-state index < -0.39 is 0 Å². The molecule has 0 saturated carbocycles. The molecule has 2 aromatic rings. The van der Waals surface area contributed by atoms with Gasteiger partial charge in [0.2, 0.25) is 0 Å². The van der Waals surface area contributed by atoms with Gasteiger partial charge in [0.15, 0.2) is 5.82 Å². The zero-order valence-corrected chi connectivity index (χ0v) is 10.8. The maximum absolute atomic E-state index is 4.40. The van der Waals surface area contributed by atoms with Gasteiger partial charge in [0.25, 0.3) is 0 Å². The van der Waals surface area contributed by atoms with Crippen molar-refractivity contribution in [3.63, 3.8) is 0 Å². The van der Waals surface area contributed by atoms with Gasteiger partial charge in [-0.3, -0.25) is 4.57 Å². The SMILES string of the molecule is Cc1nnc(C2(C)CCCN2)n1-c1ccccc1. The van der Waals surface area contributed by atoms with Gasteiger partial charge in [-0.1, -0.05) is 18.2 Å². The van der Waals surface area contributed by atoms with E-state index in [1.807, 2.05) is 25.1 Å². The van der Waals surface area contributed by atoms with Gasteiger partial charge in [-0.15, -0.1) is 10.2 Å². The third-order valence-electron chi connectivity index (χ3n) is 3.70. The summed E-state index contributed by atoms with van der Waals surface area (Å²) in [4.78, 5) is 0. The number of aryl methyl sites for hydroxylation is 1. The molecule has 1 saturated heterocycles. The standard InChI is InChI=1S/C14H18N4/c1-11-16-17-13(14(2)9-6-10-15-14)18(11)12-7-4-3-5-8-12/h3-5,7-8,15H,6,9-10H2,1-2H3. The lowest BCUT2D eigenvalue weighted by Gasteiger charge is -2.24. The average Bonchev–Trinajstić information content (AvgIpc) is 2.98. The van der Waals surface area contributed by atoms with Crippen molar-refractivity contribution in [2.75, 3.05) is 6.54 Å². The zero-order valence-electron chi connectivity index (χ0n) is 10.8. The quantitative estimate of drug-likeness (QED) is 0.877. The van der Waals surface area contributed by atoms with Crippen LogP contribution in [0.5, 0.6) is 0 Å². The van der Waals surface area contributed by atoms with Crippen LogP contribution in [0, 0.1) is 6.92 Å². The van der Waals surface area contributed by atoms with Crippen LogP contribution in [0.15, 0.2) is 30.3 Å². The Morgan fingerprint density at radius 3 is 2.67 bits per heavy atom.